The fraction of sp³-hybridized carbons (Fsp3) is 0.149. The monoisotopic (exact) mass is 631 g/mol. The van der Waals surface area contributed by atoms with Gasteiger partial charge in [-0.1, -0.05) is 119 Å². The van der Waals surface area contributed by atoms with Crippen molar-refractivity contribution in [3.8, 4) is 22.3 Å². The molecule has 10 rings (SSSR count). The van der Waals surface area contributed by atoms with E-state index >= 15 is 0 Å². The Morgan fingerprint density at radius 1 is 0.490 bits per heavy atom. The van der Waals surface area contributed by atoms with Crippen molar-refractivity contribution in [2.24, 2.45) is 0 Å². The molecule has 49 heavy (non-hydrogen) atoms. The number of hydrogen-bond acceptors (Lipinski definition) is 2. The fourth-order valence-corrected chi connectivity index (χ4v) is 8.99. The standard InChI is InChI=1S/C47H37NO/c1-28-13-6-10-18-41(28)48(42-19-12-17-34-33-16-9-11-20-43(33)49-45(34)42)30-22-23-32-35-26-40-36(27-39(35)47(4,5)38(32)25-30)44-31-15-8-7-14-29(31)21-24-37(44)46(40,2)3/h6-27H,1-5H3. The minimum atomic E-state index is -0.185. The highest BCUT2D eigenvalue weighted by molar-refractivity contribution is 6.10. The lowest BCUT2D eigenvalue weighted by Gasteiger charge is -2.29. The van der Waals surface area contributed by atoms with Crippen LogP contribution in [-0.4, -0.2) is 0 Å². The number of fused-ring (bicyclic) bond motifs is 11. The van der Waals surface area contributed by atoms with Gasteiger partial charge in [-0.15, -0.1) is 0 Å². The number of furan rings is 1. The van der Waals surface area contributed by atoms with Crippen molar-refractivity contribution in [1.29, 1.82) is 0 Å². The summed E-state index contributed by atoms with van der Waals surface area (Å²) in [7, 11) is 0. The van der Waals surface area contributed by atoms with Gasteiger partial charge in [0.1, 0.15) is 5.58 Å². The molecule has 1 aromatic heterocycles. The van der Waals surface area contributed by atoms with Gasteiger partial charge in [-0.05, 0) is 110 Å². The molecule has 2 heteroatoms. The molecular weight excluding hydrogens is 595 g/mol. The molecule has 7 aromatic carbocycles. The molecule has 8 aromatic rings. The molecule has 2 aliphatic carbocycles. The van der Waals surface area contributed by atoms with Crippen LogP contribution in [0.4, 0.5) is 17.1 Å². The second-order valence-corrected chi connectivity index (χ2v) is 15.0. The van der Waals surface area contributed by atoms with E-state index in [1.807, 2.05) is 6.07 Å². The number of hydrogen-bond donors (Lipinski definition) is 0. The van der Waals surface area contributed by atoms with Gasteiger partial charge in [0.25, 0.3) is 0 Å². The quantitative estimate of drug-likeness (QED) is 0.193. The van der Waals surface area contributed by atoms with Gasteiger partial charge in [0.15, 0.2) is 5.58 Å². The van der Waals surface area contributed by atoms with Gasteiger partial charge in [-0.3, -0.25) is 0 Å². The molecule has 0 N–H and O–H groups in total. The zero-order valence-corrected chi connectivity index (χ0v) is 28.6. The van der Waals surface area contributed by atoms with Gasteiger partial charge >= 0.3 is 0 Å². The van der Waals surface area contributed by atoms with Crippen LogP contribution in [-0.2, 0) is 10.8 Å². The minimum Gasteiger partial charge on any atom is -0.454 e. The Labute approximate surface area is 287 Å². The summed E-state index contributed by atoms with van der Waals surface area (Å²) in [6.07, 6.45) is 0. The highest BCUT2D eigenvalue weighted by atomic mass is 16.3. The van der Waals surface area contributed by atoms with Crippen LogP contribution in [0.3, 0.4) is 0 Å². The van der Waals surface area contributed by atoms with Crippen LogP contribution < -0.4 is 4.90 Å². The molecule has 0 unspecified atom stereocenters. The molecule has 2 aliphatic rings. The number of rotatable bonds is 3. The van der Waals surface area contributed by atoms with Gasteiger partial charge in [0.2, 0.25) is 0 Å². The molecule has 0 fully saturated rings. The Morgan fingerprint density at radius 3 is 2.00 bits per heavy atom. The highest BCUT2D eigenvalue weighted by Gasteiger charge is 2.42. The van der Waals surface area contributed by atoms with E-state index in [0.717, 1.165) is 39.0 Å². The summed E-state index contributed by atoms with van der Waals surface area (Å²) < 4.78 is 6.61. The van der Waals surface area contributed by atoms with Gasteiger partial charge in [-0.2, -0.15) is 0 Å². The van der Waals surface area contributed by atoms with Crippen molar-refractivity contribution in [2.75, 3.05) is 4.90 Å². The van der Waals surface area contributed by atoms with Crippen molar-refractivity contribution < 1.29 is 4.42 Å². The maximum Gasteiger partial charge on any atom is 0.159 e. The summed E-state index contributed by atoms with van der Waals surface area (Å²) in [6, 6.07) is 49.2. The number of benzene rings is 7. The van der Waals surface area contributed by atoms with Crippen LogP contribution in [0.1, 0.15) is 55.5 Å². The lowest BCUT2D eigenvalue weighted by atomic mass is 9.79. The average molecular weight is 632 g/mol. The normalized spacial score (nSPS) is 15.0. The number of anilines is 3. The summed E-state index contributed by atoms with van der Waals surface area (Å²) in [5, 5.41) is 4.91. The number of para-hydroxylation sites is 3. The molecule has 1 heterocycles. The van der Waals surface area contributed by atoms with Gasteiger partial charge in [0.05, 0.1) is 5.69 Å². The fourth-order valence-electron chi connectivity index (χ4n) is 8.99. The summed E-state index contributed by atoms with van der Waals surface area (Å²) >= 11 is 0. The van der Waals surface area contributed by atoms with Crippen molar-refractivity contribution >= 4 is 49.8 Å². The summed E-state index contributed by atoms with van der Waals surface area (Å²) in [4.78, 5) is 2.39. The Bertz CT molecular complexity index is 2690. The molecule has 0 amide bonds. The zero-order chi connectivity index (χ0) is 33.2. The predicted molar refractivity (Wildman–Crippen MR) is 206 cm³/mol. The van der Waals surface area contributed by atoms with Crippen LogP contribution in [0, 0.1) is 6.92 Å². The van der Waals surface area contributed by atoms with E-state index in [0.29, 0.717) is 0 Å². The molecule has 0 radical (unpaired) electrons. The van der Waals surface area contributed by atoms with E-state index in [1.54, 1.807) is 0 Å². The molecule has 0 bridgehead atoms. The first kappa shape index (κ1) is 28.4. The molecular formula is C47H37NO. The molecule has 0 spiro atoms. The second-order valence-electron chi connectivity index (χ2n) is 15.0. The largest absolute Gasteiger partial charge is 0.454 e. The van der Waals surface area contributed by atoms with Gasteiger partial charge < -0.3 is 9.32 Å². The second kappa shape index (κ2) is 9.74. The Morgan fingerprint density at radius 2 is 1.14 bits per heavy atom. The third-order valence-corrected chi connectivity index (χ3v) is 11.6. The minimum absolute atomic E-state index is 0.0799. The van der Waals surface area contributed by atoms with Crippen molar-refractivity contribution in [1.82, 2.24) is 0 Å². The van der Waals surface area contributed by atoms with Crippen molar-refractivity contribution in [3.05, 3.63) is 161 Å². The van der Waals surface area contributed by atoms with Crippen molar-refractivity contribution in [3.63, 3.8) is 0 Å². The Kier molecular flexibility index (Phi) is 5.65. The summed E-state index contributed by atoms with van der Waals surface area (Å²) in [6.45, 7) is 11.8. The number of nitrogens with zero attached hydrogens (tertiary/aromatic N) is 1. The summed E-state index contributed by atoms with van der Waals surface area (Å²) in [5.41, 5.74) is 17.1. The first-order chi connectivity index (χ1) is 23.7. The highest BCUT2D eigenvalue weighted by Crippen LogP contribution is 2.58. The van der Waals surface area contributed by atoms with Gasteiger partial charge in [-0.25, -0.2) is 0 Å². The zero-order valence-electron chi connectivity index (χ0n) is 28.6. The van der Waals surface area contributed by atoms with Crippen LogP contribution in [0.25, 0.3) is 55.0 Å². The van der Waals surface area contributed by atoms with Crippen LogP contribution in [0.2, 0.25) is 0 Å². The third-order valence-electron chi connectivity index (χ3n) is 11.6. The molecule has 0 atom stereocenters. The maximum absolute atomic E-state index is 6.61. The smallest absolute Gasteiger partial charge is 0.159 e. The topological polar surface area (TPSA) is 16.4 Å². The first-order valence-electron chi connectivity index (χ1n) is 17.4. The molecule has 0 aliphatic heterocycles. The van der Waals surface area contributed by atoms with E-state index < -0.39 is 0 Å². The third kappa shape index (κ3) is 3.77. The summed E-state index contributed by atoms with van der Waals surface area (Å²) in [5.74, 6) is 0. The van der Waals surface area contributed by atoms with Crippen LogP contribution >= 0.6 is 0 Å². The van der Waals surface area contributed by atoms with E-state index in [9.17, 15) is 0 Å². The lowest BCUT2D eigenvalue weighted by Crippen LogP contribution is -2.17. The molecule has 236 valence electrons. The molecule has 0 saturated carbocycles. The van der Waals surface area contributed by atoms with Crippen LogP contribution in [0.15, 0.2) is 138 Å². The SMILES string of the molecule is Cc1ccccc1N(c1ccc2c(c1)C(C)(C)c1cc3c(cc1-2)C(C)(C)c1ccc2ccccc2c1-3)c1cccc2c1oc1ccccc12. The Hall–Kier alpha value is -5.60. The van der Waals surface area contributed by atoms with E-state index in [-0.39, 0.29) is 10.8 Å². The first-order valence-corrected chi connectivity index (χ1v) is 17.4. The van der Waals surface area contributed by atoms with Crippen LogP contribution in [0.5, 0.6) is 0 Å². The number of aryl methyl sites for hydroxylation is 1. The van der Waals surface area contributed by atoms with E-state index in [4.69, 9.17) is 4.42 Å². The molecule has 0 saturated heterocycles. The maximum atomic E-state index is 6.61. The lowest BCUT2D eigenvalue weighted by molar-refractivity contribution is 0.652. The van der Waals surface area contributed by atoms with E-state index in [1.165, 1.54) is 60.8 Å². The van der Waals surface area contributed by atoms with Crippen molar-refractivity contribution in [2.45, 2.75) is 45.4 Å². The van der Waals surface area contributed by atoms with Gasteiger partial charge in [0, 0.05) is 33.0 Å². The van der Waals surface area contributed by atoms with E-state index in [2.05, 4.69) is 167 Å². The predicted octanol–water partition coefficient (Wildman–Crippen LogP) is 13.1. The molecule has 2 nitrogen and oxygen atoms in total. The average Bonchev–Trinajstić information content (AvgIpc) is 3.68. The Balaban J connectivity index is 1.18.